The van der Waals surface area contributed by atoms with Crippen LogP contribution in [0, 0.1) is 6.92 Å². The molecule has 0 radical (unpaired) electrons. The van der Waals surface area contributed by atoms with Crippen molar-refractivity contribution in [2.45, 2.75) is 33.2 Å². The minimum absolute atomic E-state index is 0.00813. The molecule has 0 spiro atoms. The van der Waals surface area contributed by atoms with Gasteiger partial charge in [0.1, 0.15) is 11.5 Å². The van der Waals surface area contributed by atoms with Crippen molar-refractivity contribution in [3.63, 3.8) is 0 Å². The fraction of sp³-hybridized carbons (Fsp3) is 0.263. The molecule has 24 heavy (non-hydrogen) atoms. The van der Waals surface area contributed by atoms with E-state index in [1.165, 1.54) is 12.3 Å². The van der Waals surface area contributed by atoms with Gasteiger partial charge in [-0.05, 0) is 44.5 Å². The standard InChI is InChI=1S/C19H22N2O3/c1-4-14(3)20-19(23)17(12-16-6-5-11-24-16)21-18(22)15-9-7-13(2)8-10-15/h5-12,14H,4H2,1-3H3,(H,20,23)(H,21,22)/b17-12-/t14-/m0/s1. The Morgan fingerprint density at radius 3 is 2.50 bits per heavy atom. The van der Waals surface area contributed by atoms with Crippen molar-refractivity contribution < 1.29 is 14.0 Å². The average Bonchev–Trinajstić information content (AvgIpc) is 3.07. The lowest BCUT2D eigenvalue weighted by molar-refractivity contribution is -0.118. The monoisotopic (exact) mass is 326 g/mol. The van der Waals surface area contributed by atoms with Gasteiger partial charge in [0.25, 0.3) is 11.8 Å². The summed E-state index contributed by atoms with van der Waals surface area (Å²) < 4.78 is 5.24. The Morgan fingerprint density at radius 1 is 1.21 bits per heavy atom. The predicted molar refractivity (Wildman–Crippen MR) is 93.2 cm³/mol. The van der Waals surface area contributed by atoms with Crippen molar-refractivity contribution in [1.29, 1.82) is 0 Å². The van der Waals surface area contributed by atoms with E-state index < -0.39 is 0 Å². The molecule has 0 aliphatic rings. The van der Waals surface area contributed by atoms with Gasteiger partial charge in [-0.15, -0.1) is 0 Å². The molecule has 1 heterocycles. The third-order valence-electron chi connectivity index (χ3n) is 3.63. The summed E-state index contributed by atoms with van der Waals surface area (Å²) in [6, 6.07) is 10.6. The second kappa shape index (κ2) is 8.15. The van der Waals surface area contributed by atoms with Gasteiger partial charge in [0.2, 0.25) is 0 Å². The van der Waals surface area contributed by atoms with Crippen LogP contribution >= 0.6 is 0 Å². The maximum absolute atomic E-state index is 12.4. The van der Waals surface area contributed by atoms with Crippen LogP contribution in [0.25, 0.3) is 6.08 Å². The van der Waals surface area contributed by atoms with Gasteiger partial charge in [-0.2, -0.15) is 0 Å². The third kappa shape index (κ3) is 4.84. The Labute approximate surface area is 141 Å². The van der Waals surface area contributed by atoms with Gasteiger partial charge in [-0.25, -0.2) is 0 Å². The molecule has 0 saturated heterocycles. The highest BCUT2D eigenvalue weighted by Crippen LogP contribution is 2.09. The molecule has 0 unspecified atom stereocenters. The number of rotatable bonds is 6. The zero-order valence-corrected chi connectivity index (χ0v) is 14.1. The molecule has 0 aliphatic heterocycles. The summed E-state index contributed by atoms with van der Waals surface area (Å²) in [4.78, 5) is 24.8. The lowest BCUT2D eigenvalue weighted by Crippen LogP contribution is -2.38. The van der Waals surface area contributed by atoms with Crippen molar-refractivity contribution in [3.05, 3.63) is 65.2 Å². The molecule has 1 aromatic carbocycles. The van der Waals surface area contributed by atoms with Crippen LogP contribution in [-0.4, -0.2) is 17.9 Å². The number of furan rings is 1. The fourth-order valence-corrected chi connectivity index (χ4v) is 1.98. The molecule has 126 valence electrons. The summed E-state index contributed by atoms with van der Waals surface area (Å²) in [6.45, 7) is 5.83. The van der Waals surface area contributed by atoms with E-state index >= 15 is 0 Å². The third-order valence-corrected chi connectivity index (χ3v) is 3.63. The molecule has 2 aromatic rings. The summed E-state index contributed by atoms with van der Waals surface area (Å²) in [5.41, 5.74) is 1.70. The van der Waals surface area contributed by atoms with E-state index in [9.17, 15) is 9.59 Å². The van der Waals surface area contributed by atoms with Crippen molar-refractivity contribution in [2.24, 2.45) is 0 Å². The second-order valence-electron chi connectivity index (χ2n) is 5.68. The van der Waals surface area contributed by atoms with E-state index in [0.717, 1.165) is 12.0 Å². The second-order valence-corrected chi connectivity index (χ2v) is 5.68. The van der Waals surface area contributed by atoms with E-state index in [0.29, 0.717) is 11.3 Å². The summed E-state index contributed by atoms with van der Waals surface area (Å²) in [5.74, 6) is -0.193. The Bertz CT molecular complexity index is 716. The quantitative estimate of drug-likeness (QED) is 0.800. The van der Waals surface area contributed by atoms with Gasteiger partial charge in [0, 0.05) is 17.7 Å². The Hall–Kier alpha value is -2.82. The van der Waals surface area contributed by atoms with Crippen molar-refractivity contribution in [1.82, 2.24) is 10.6 Å². The SMILES string of the molecule is CC[C@H](C)NC(=O)/C(=C/c1ccco1)NC(=O)c1ccc(C)cc1. The van der Waals surface area contributed by atoms with Gasteiger partial charge in [0.05, 0.1) is 6.26 Å². The minimum atomic E-state index is -0.346. The van der Waals surface area contributed by atoms with Gasteiger partial charge in [-0.1, -0.05) is 24.6 Å². The number of amides is 2. The van der Waals surface area contributed by atoms with E-state index in [1.807, 2.05) is 32.9 Å². The van der Waals surface area contributed by atoms with Crippen LogP contribution in [-0.2, 0) is 4.79 Å². The molecular weight excluding hydrogens is 304 g/mol. The number of nitrogens with one attached hydrogen (secondary N) is 2. The molecule has 1 atom stereocenters. The van der Waals surface area contributed by atoms with Crippen molar-refractivity contribution >= 4 is 17.9 Å². The van der Waals surface area contributed by atoms with Crippen LogP contribution in [0.4, 0.5) is 0 Å². The van der Waals surface area contributed by atoms with Crippen LogP contribution in [0.5, 0.6) is 0 Å². The van der Waals surface area contributed by atoms with Gasteiger partial charge < -0.3 is 15.1 Å². The number of hydrogen-bond acceptors (Lipinski definition) is 3. The highest BCUT2D eigenvalue weighted by atomic mass is 16.3. The summed E-state index contributed by atoms with van der Waals surface area (Å²) in [6.07, 6.45) is 3.83. The zero-order valence-electron chi connectivity index (χ0n) is 14.1. The van der Waals surface area contributed by atoms with E-state index in [-0.39, 0.29) is 23.6 Å². The van der Waals surface area contributed by atoms with Gasteiger partial charge in [0.15, 0.2) is 0 Å². The van der Waals surface area contributed by atoms with Crippen LogP contribution in [0.2, 0.25) is 0 Å². The lowest BCUT2D eigenvalue weighted by atomic mass is 10.1. The van der Waals surface area contributed by atoms with E-state index in [4.69, 9.17) is 4.42 Å². The molecular formula is C19H22N2O3. The smallest absolute Gasteiger partial charge is 0.268 e. The first-order valence-electron chi connectivity index (χ1n) is 7.93. The zero-order chi connectivity index (χ0) is 17.5. The number of hydrogen-bond donors (Lipinski definition) is 2. The number of benzene rings is 1. The van der Waals surface area contributed by atoms with Crippen LogP contribution < -0.4 is 10.6 Å². The topological polar surface area (TPSA) is 71.3 Å². The van der Waals surface area contributed by atoms with Gasteiger partial charge in [-0.3, -0.25) is 9.59 Å². The minimum Gasteiger partial charge on any atom is -0.465 e. The summed E-state index contributed by atoms with van der Waals surface area (Å²) >= 11 is 0. The average molecular weight is 326 g/mol. The van der Waals surface area contributed by atoms with Crippen LogP contribution in [0.3, 0.4) is 0 Å². The number of carbonyl (C=O) groups excluding carboxylic acids is 2. The maximum atomic E-state index is 12.4. The largest absolute Gasteiger partial charge is 0.465 e. The molecule has 2 rings (SSSR count). The summed E-state index contributed by atoms with van der Waals surface area (Å²) in [5, 5.41) is 5.51. The molecule has 5 nitrogen and oxygen atoms in total. The Kier molecular flexibility index (Phi) is 5.95. The first-order chi connectivity index (χ1) is 11.5. The molecule has 2 N–H and O–H groups in total. The normalized spacial score (nSPS) is 12.5. The summed E-state index contributed by atoms with van der Waals surface area (Å²) in [7, 11) is 0. The Balaban J connectivity index is 2.20. The fourth-order valence-electron chi connectivity index (χ4n) is 1.98. The number of carbonyl (C=O) groups is 2. The highest BCUT2D eigenvalue weighted by molar-refractivity contribution is 6.05. The van der Waals surface area contributed by atoms with E-state index in [1.54, 1.807) is 24.3 Å². The first-order valence-corrected chi connectivity index (χ1v) is 7.93. The van der Waals surface area contributed by atoms with Crippen LogP contribution in [0.15, 0.2) is 52.8 Å². The molecule has 5 heteroatoms. The maximum Gasteiger partial charge on any atom is 0.268 e. The van der Waals surface area contributed by atoms with Crippen molar-refractivity contribution in [2.75, 3.05) is 0 Å². The molecule has 0 fully saturated rings. The molecule has 0 aliphatic carbocycles. The van der Waals surface area contributed by atoms with Crippen LogP contribution in [0.1, 0.15) is 41.9 Å². The highest BCUT2D eigenvalue weighted by Gasteiger charge is 2.16. The molecule has 1 aromatic heterocycles. The van der Waals surface area contributed by atoms with E-state index in [2.05, 4.69) is 10.6 Å². The molecule has 0 saturated carbocycles. The molecule has 2 amide bonds. The van der Waals surface area contributed by atoms with Gasteiger partial charge >= 0.3 is 0 Å². The lowest BCUT2D eigenvalue weighted by Gasteiger charge is -2.14. The predicted octanol–water partition coefficient (Wildman–Crippen LogP) is 3.27. The first kappa shape index (κ1) is 17.5. The Morgan fingerprint density at radius 2 is 1.92 bits per heavy atom. The molecule has 0 bridgehead atoms. The van der Waals surface area contributed by atoms with Crippen molar-refractivity contribution in [3.8, 4) is 0 Å². The number of aryl methyl sites for hydroxylation is 1.